The summed E-state index contributed by atoms with van der Waals surface area (Å²) in [4.78, 5) is 49.2. The number of rotatable bonds is 6. The molecule has 0 aromatic heterocycles. The molecule has 1 aliphatic rings. The van der Waals surface area contributed by atoms with Crippen LogP contribution >= 0.6 is 0 Å². The second kappa shape index (κ2) is 8.64. The maximum atomic E-state index is 13.0. The summed E-state index contributed by atoms with van der Waals surface area (Å²) >= 11 is 0. The third-order valence-corrected chi connectivity index (χ3v) is 4.63. The molecule has 1 saturated heterocycles. The Balaban J connectivity index is 1.50. The van der Waals surface area contributed by atoms with Crippen LogP contribution in [0.1, 0.15) is 23.7 Å². The van der Waals surface area contributed by atoms with Crippen LogP contribution in [0, 0.1) is 11.7 Å². The van der Waals surface area contributed by atoms with Gasteiger partial charge in [0.15, 0.2) is 5.78 Å². The Hall–Kier alpha value is -3.55. The summed E-state index contributed by atoms with van der Waals surface area (Å²) in [6, 6.07) is 11.9. The maximum Gasteiger partial charge on any atom is 0.243 e. The Morgan fingerprint density at radius 2 is 1.72 bits per heavy atom. The lowest BCUT2D eigenvalue weighted by Gasteiger charge is -2.16. The molecule has 3 amide bonds. The van der Waals surface area contributed by atoms with Crippen LogP contribution in [-0.4, -0.2) is 36.6 Å². The van der Waals surface area contributed by atoms with E-state index in [-0.39, 0.29) is 31.2 Å². The van der Waals surface area contributed by atoms with Crippen molar-refractivity contribution in [1.82, 2.24) is 5.32 Å². The predicted molar refractivity (Wildman–Crippen MR) is 105 cm³/mol. The molecule has 150 valence electrons. The van der Waals surface area contributed by atoms with Crippen LogP contribution in [0.2, 0.25) is 0 Å². The molecular weight excluding hydrogens is 377 g/mol. The highest BCUT2D eigenvalue weighted by atomic mass is 19.1. The minimum Gasteiger partial charge on any atom is -0.347 e. The van der Waals surface area contributed by atoms with Gasteiger partial charge in [-0.1, -0.05) is 0 Å². The first-order valence-corrected chi connectivity index (χ1v) is 9.08. The van der Waals surface area contributed by atoms with Gasteiger partial charge in [0.25, 0.3) is 0 Å². The van der Waals surface area contributed by atoms with E-state index < -0.39 is 23.5 Å². The van der Waals surface area contributed by atoms with E-state index in [0.717, 1.165) is 0 Å². The molecule has 1 aliphatic heterocycles. The molecule has 2 aromatic carbocycles. The molecule has 7 nitrogen and oxygen atoms in total. The highest BCUT2D eigenvalue weighted by molar-refractivity contribution is 6.01. The van der Waals surface area contributed by atoms with Crippen molar-refractivity contribution in [3.63, 3.8) is 0 Å². The fraction of sp³-hybridized carbons (Fsp3) is 0.238. The molecule has 2 aromatic rings. The number of ketones is 1. The van der Waals surface area contributed by atoms with E-state index in [9.17, 15) is 23.6 Å². The number of hydrogen-bond donors (Lipinski definition) is 2. The molecule has 0 saturated carbocycles. The number of nitrogens with zero attached hydrogens (tertiary/aromatic N) is 1. The van der Waals surface area contributed by atoms with Gasteiger partial charge < -0.3 is 15.5 Å². The zero-order valence-corrected chi connectivity index (χ0v) is 15.8. The van der Waals surface area contributed by atoms with E-state index in [1.165, 1.54) is 36.1 Å². The van der Waals surface area contributed by atoms with Crippen LogP contribution in [0.5, 0.6) is 0 Å². The lowest BCUT2D eigenvalue weighted by Crippen LogP contribution is -2.37. The minimum atomic E-state index is -0.588. The second-order valence-corrected chi connectivity index (χ2v) is 6.78. The number of halogens is 1. The van der Waals surface area contributed by atoms with Crippen molar-refractivity contribution in [3.8, 4) is 0 Å². The summed E-state index contributed by atoms with van der Waals surface area (Å²) in [7, 11) is 0. The number of nitrogens with one attached hydrogen (secondary N) is 2. The number of anilines is 2. The number of benzene rings is 2. The summed E-state index contributed by atoms with van der Waals surface area (Å²) in [5.41, 5.74) is 1.57. The van der Waals surface area contributed by atoms with Gasteiger partial charge >= 0.3 is 0 Å². The molecule has 2 N–H and O–H groups in total. The number of amides is 3. The fourth-order valence-electron chi connectivity index (χ4n) is 3.06. The van der Waals surface area contributed by atoms with Crippen molar-refractivity contribution in [2.45, 2.75) is 13.3 Å². The number of carbonyl (C=O) groups is 4. The minimum absolute atomic E-state index is 0.0251. The first-order chi connectivity index (χ1) is 13.8. The quantitative estimate of drug-likeness (QED) is 0.730. The first-order valence-electron chi connectivity index (χ1n) is 9.08. The molecule has 1 unspecified atom stereocenters. The average molecular weight is 397 g/mol. The summed E-state index contributed by atoms with van der Waals surface area (Å²) in [5, 5.41) is 5.16. The Morgan fingerprint density at radius 1 is 1.07 bits per heavy atom. The summed E-state index contributed by atoms with van der Waals surface area (Å²) < 4.78 is 13.0. The molecule has 1 atom stereocenters. The van der Waals surface area contributed by atoms with Crippen molar-refractivity contribution in [1.29, 1.82) is 0 Å². The van der Waals surface area contributed by atoms with E-state index in [1.807, 2.05) is 0 Å². The average Bonchev–Trinajstić information content (AvgIpc) is 3.09. The van der Waals surface area contributed by atoms with Crippen molar-refractivity contribution in [2.24, 2.45) is 5.92 Å². The maximum absolute atomic E-state index is 13.0. The zero-order valence-electron chi connectivity index (χ0n) is 15.8. The number of hydrogen-bond acceptors (Lipinski definition) is 4. The van der Waals surface area contributed by atoms with Crippen LogP contribution in [0.4, 0.5) is 15.8 Å². The molecule has 3 rings (SSSR count). The largest absolute Gasteiger partial charge is 0.347 e. The van der Waals surface area contributed by atoms with Crippen molar-refractivity contribution < 1.29 is 23.6 Å². The van der Waals surface area contributed by atoms with Gasteiger partial charge in [-0.15, -0.1) is 0 Å². The standard InChI is InChI=1S/C21H20FN3O4/c1-13(26)14-2-6-17(7-3-14)24-19(27)11-23-21(29)15-10-20(28)25(12-15)18-8-4-16(22)5-9-18/h2-9,15H,10-12H2,1H3,(H,23,29)(H,24,27). The van der Waals surface area contributed by atoms with Gasteiger partial charge in [-0.25, -0.2) is 4.39 Å². The van der Waals surface area contributed by atoms with Crippen LogP contribution in [0.15, 0.2) is 48.5 Å². The molecule has 29 heavy (non-hydrogen) atoms. The Kier molecular flexibility index (Phi) is 6.01. The van der Waals surface area contributed by atoms with E-state index in [2.05, 4.69) is 10.6 Å². The van der Waals surface area contributed by atoms with E-state index in [1.54, 1.807) is 24.3 Å². The molecular formula is C21H20FN3O4. The lowest BCUT2D eigenvalue weighted by atomic mass is 10.1. The third-order valence-electron chi connectivity index (χ3n) is 4.63. The normalized spacial score (nSPS) is 15.9. The fourth-order valence-corrected chi connectivity index (χ4v) is 3.06. The lowest BCUT2D eigenvalue weighted by molar-refractivity contribution is -0.127. The predicted octanol–water partition coefficient (Wildman–Crippen LogP) is 2.14. The summed E-state index contributed by atoms with van der Waals surface area (Å²) in [6.07, 6.45) is 0.0251. The SMILES string of the molecule is CC(=O)c1ccc(NC(=O)CNC(=O)C2CC(=O)N(c3ccc(F)cc3)C2)cc1. The molecule has 8 heteroatoms. The van der Waals surface area contributed by atoms with E-state index in [4.69, 9.17) is 0 Å². The Morgan fingerprint density at radius 3 is 2.34 bits per heavy atom. The monoisotopic (exact) mass is 397 g/mol. The highest BCUT2D eigenvalue weighted by Gasteiger charge is 2.35. The van der Waals surface area contributed by atoms with Gasteiger partial charge in [0, 0.05) is 29.9 Å². The van der Waals surface area contributed by atoms with Crippen LogP contribution in [0.3, 0.4) is 0 Å². The highest BCUT2D eigenvalue weighted by Crippen LogP contribution is 2.25. The zero-order chi connectivity index (χ0) is 21.0. The summed E-state index contributed by atoms with van der Waals surface area (Å²) in [6.45, 7) is 1.38. The van der Waals surface area contributed by atoms with Crippen molar-refractivity contribution in [2.75, 3.05) is 23.3 Å². The molecule has 0 radical (unpaired) electrons. The third kappa shape index (κ3) is 5.04. The Labute approximate surface area is 166 Å². The first kappa shape index (κ1) is 20.2. The summed E-state index contributed by atoms with van der Waals surface area (Å²) in [5.74, 6) is -2.12. The van der Waals surface area contributed by atoms with Crippen LogP contribution in [0.25, 0.3) is 0 Å². The molecule has 1 fully saturated rings. The number of Topliss-reactive ketones (excluding diaryl/α,β-unsaturated/α-hetero) is 1. The molecule has 0 spiro atoms. The van der Waals surface area contributed by atoms with Crippen LogP contribution < -0.4 is 15.5 Å². The van der Waals surface area contributed by atoms with Gasteiger partial charge in [-0.05, 0) is 55.5 Å². The van der Waals surface area contributed by atoms with Crippen molar-refractivity contribution in [3.05, 3.63) is 59.9 Å². The van der Waals surface area contributed by atoms with E-state index in [0.29, 0.717) is 16.9 Å². The molecule has 1 heterocycles. The van der Waals surface area contributed by atoms with Gasteiger partial charge in [0.2, 0.25) is 17.7 Å². The van der Waals surface area contributed by atoms with Gasteiger partial charge in [0.05, 0.1) is 12.5 Å². The van der Waals surface area contributed by atoms with E-state index >= 15 is 0 Å². The van der Waals surface area contributed by atoms with Gasteiger partial charge in [-0.3, -0.25) is 19.2 Å². The smallest absolute Gasteiger partial charge is 0.243 e. The second-order valence-electron chi connectivity index (χ2n) is 6.78. The van der Waals surface area contributed by atoms with Gasteiger partial charge in [0.1, 0.15) is 5.82 Å². The van der Waals surface area contributed by atoms with Crippen molar-refractivity contribution >= 4 is 34.9 Å². The topological polar surface area (TPSA) is 95.6 Å². The molecule has 0 bridgehead atoms. The Bertz CT molecular complexity index is 941. The van der Waals surface area contributed by atoms with Crippen LogP contribution in [-0.2, 0) is 14.4 Å². The number of carbonyl (C=O) groups excluding carboxylic acids is 4. The molecule has 0 aliphatic carbocycles. The van der Waals surface area contributed by atoms with Gasteiger partial charge in [-0.2, -0.15) is 0 Å².